The van der Waals surface area contributed by atoms with Crippen LogP contribution in [0.3, 0.4) is 0 Å². The number of hydrazone groups is 1. The van der Waals surface area contributed by atoms with Crippen LogP contribution in [0.2, 0.25) is 0 Å². The average Bonchev–Trinajstić information content (AvgIpc) is 2.85. The molecule has 0 fully saturated rings. The van der Waals surface area contributed by atoms with Gasteiger partial charge in [-0.3, -0.25) is 5.43 Å². The molecule has 4 nitrogen and oxygen atoms in total. The van der Waals surface area contributed by atoms with E-state index < -0.39 is 0 Å². The lowest BCUT2D eigenvalue weighted by atomic mass is 9.85. The predicted molar refractivity (Wildman–Crippen MR) is 163 cm³/mol. The topological polar surface area (TPSA) is 45.7 Å². The first-order chi connectivity index (χ1) is 17.4. The third-order valence-electron chi connectivity index (χ3n) is 6.73. The summed E-state index contributed by atoms with van der Waals surface area (Å²) in [5, 5.41) is 8.14. The van der Waals surface area contributed by atoms with Crippen molar-refractivity contribution in [3.05, 3.63) is 29.3 Å². The minimum absolute atomic E-state index is 0.00638. The second-order valence-electron chi connectivity index (χ2n) is 11.1. The third kappa shape index (κ3) is 16.2. The molecular weight excluding hydrogens is 462 g/mol. The number of unbranched alkanes of at least 4 members (excludes halogenated alkanes) is 15. The van der Waals surface area contributed by atoms with Crippen LogP contribution in [-0.4, -0.2) is 25.0 Å². The van der Waals surface area contributed by atoms with E-state index in [1.807, 2.05) is 12.1 Å². The highest BCUT2D eigenvalue weighted by molar-refractivity contribution is 7.80. The maximum absolute atomic E-state index is 5.50. The summed E-state index contributed by atoms with van der Waals surface area (Å²) in [6.45, 7) is 9.73. The molecule has 0 aliphatic carbocycles. The second kappa shape index (κ2) is 20.4. The van der Waals surface area contributed by atoms with Gasteiger partial charge in [-0.1, -0.05) is 124 Å². The number of ether oxygens (including phenoxy) is 1. The molecule has 0 saturated carbocycles. The van der Waals surface area contributed by atoms with Crippen LogP contribution in [0.1, 0.15) is 142 Å². The Morgan fingerprint density at radius 3 is 1.81 bits per heavy atom. The lowest BCUT2D eigenvalue weighted by Crippen LogP contribution is -2.32. The molecular formula is C31H55N3OS. The minimum atomic E-state index is 0.00638. The zero-order valence-electron chi connectivity index (χ0n) is 24.1. The molecule has 0 bridgehead atoms. The fourth-order valence-electron chi connectivity index (χ4n) is 4.47. The molecule has 1 rings (SSSR count). The number of methoxy groups -OCH3 is 1. The monoisotopic (exact) mass is 517 g/mol. The minimum Gasteiger partial charge on any atom is -0.496 e. The quantitative estimate of drug-likeness (QED) is 0.0783. The molecule has 0 amide bonds. The predicted octanol–water partition coefficient (Wildman–Crippen LogP) is 9.05. The van der Waals surface area contributed by atoms with Crippen molar-refractivity contribution in [1.82, 2.24) is 10.7 Å². The highest BCUT2D eigenvalue weighted by Crippen LogP contribution is 2.31. The summed E-state index contributed by atoms with van der Waals surface area (Å²) in [4.78, 5) is 0. The first kappa shape index (κ1) is 32.4. The highest BCUT2D eigenvalue weighted by atomic mass is 32.1. The van der Waals surface area contributed by atoms with Gasteiger partial charge >= 0.3 is 0 Å². The fourth-order valence-corrected chi connectivity index (χ4v) is 4.63. The summed E-state index contributed by atoms with van der Waals surface area (Å²) in [6, 6.07) is 6.12. The second-order valence-corrected chi connectivity index (χ2v) is 11.5. The first-order valence-corrected chi connectivity index (χ1v) is 15.0. The summed E-state index contributed by atoms with van der Waals surface area (Å²) >= 11 is 5.35. The summed E-state index contributed by atoms with van der Waals surface area (Å²) in [6.07, 6.45) is 24.0. The molecule has 0 heterocycles. The van der Waals surface area contributed by atoms with Crippen molar-refractivity contribution in [2.24, 2.45) is 5.10 Å². The smallest absolute Gasteiger partial charge is 0.186 e. The van der Waals surface area contributed by atoms with E-state index in [1.165, 1.54) is 96.3 Å². The zero-order valence-corrected chi connectivity index (χ0v) is 24.9. The first-order valence-electron chi connectivity index (χ1n) is 14.6. The molecule has 1 aromatic carbocycles. The lowest BCUT2D eigenvalue weighted by molar-refractivity contribution is 0.397. The van der Waals surface area contributed by atoms with Crippen LogP contribution in [0.15, 0.2) is 23.3 Å². The van der Waals surface area contributed by atoms with Crippen molar-refractivity contribution in [1.29, 1.82) is 0 Å². The van der Waals surface area contributed by atoms with E-state index >= 15 is 0 Å². The number of benzene rings is 1. The van der Waals surface area contributed by atoms with Crippen molar-refractivity contribution in [2.75, 3.05) is 13.7 Å². The van der Waals surface area contributed by atoms with Crippen LogP contribution in [-0.2, 0) is 5.41 Å². The van der Waals surface area contributed by atoms with E-state index in [9.17, 15) is 0 Å². The maximum Gasteiger partial charge on any atom is 0.186 e. The molecule has 206 valence electrons. The van der Waals surface area contributed by atoms with Gasteiger partial charge in [-0.05, 0) is 47.8 Å². The Hall–Kier alpha value is -1.62. The van der Waals surface area contributed by atoms with E-state index in [4.69, 9.17) is 17.0 Å². The van der Waals surface area contributed by atoms with Gasteiger partial charge in [0, 0.05) is 12.1 Å². The van der Waals surface area contributed by atoms with Gasteiger partial charge in [0.15, 0.2) is 5.11 Å². The van der Waals surface area contributed by atoms with E-state index in [2.05, 4.69) is 49.6 Å². The van der Waals surface area contributed by atoms with Gasteiger partial charge in [0.05, 0.1) is 13.3 Å². The van der Waals surface area contributed by atoms with E-state index in [-0.39, 0.29) is 5.41 Å². The largest absolute Gasteiger partial charge is 0.496 e. The number of hydrogen-bond acceptors (Lipinski definition) is 3. The summed E-state index contributed by atoms with van der Waals surface area (Å²) in [5.41, 5.74) is 5.12. The van der Waals surface area contributed by atoms with Crippen LogP contribution in [0.25, 0.3) is 0 Å². The number of hydrogen-bond donors (Lipinski definition) is 2. The third-order valence-corrected chi connectivity index (χ3v) is 6.96. The number of nitrogens with one attached hydrogen (secondary N) is 2. The zero-order chi connectivity index (χ0) is 26.5. The summed E-state index contributed by atoms with van der Waals surface area (Å²) < 4.78 is 5.50. The molecule has 2 N–H and O–H groups in total. The number of thiocarbonyl (C=S) groups is 1. The van der Waals surface area contributed by atoms with Crippen LogP contribution in [0, 0.1) is 0 Å². The van der Waals surface area contributed by atoms with Gasteiger partial charge in [0.25, 0.3) is 0 Å². The molecule has 0 unspecified atom stereocenters. The van der Waals surface area contributed by atoms with Crippen LogP contribution in [0.4, 0.5) is 0 Å². The van der Waals surface area contributed by atoms with Gasteiger partial charge in [0.2, 0.25) is 0 Å². The standard InChI is InChI=1S/C31H55N3OS/c1-6-7-8-9-10-11-12-13-14-15-16-17-18-19-20-21-24-32-30(36)34-33-26-27-22-23-29(35-5)28(25-27)31(2,3)4/h22-23,25-26H,6-21,24H2,1-5H3,(H2,32,34,36)/b33-26-. The number of rotatable bonds is 20. The molecule has 1 aromatic rings. The Kier molecular flexibility index (Phi) is 18.4. The van der Waals surface area contributed by atoms with Gasteiger partial charge < -0.3 is 10.1 Å². The average molecular weight is 518 g/mol. The SMILES string of the molecule is CCCCCCCCCCCCCCCCCCNC(=S)N/N=C\c1ccc(OC)c(C(C)(C)C)c1. The van der Waals surface area contributed by atoms with Crippen molar-refractivity contribution >= 4 is 23.5 Å². The van der Waals surface area contributed by atoms with E-state index in [1.54, 1.807) is 13.3 Å². The number of nitrogens with zero attached hydrogens (tertiary/aromatic N) is 1. The van der Waals surface area contributed by atoms with Crippen LogP contribution >= 0.6 is 12.2 Å². The Morgan fingerprint density at radius 1 is 0.833 bits per heavy atom. The van der Waals surface area contributed by atoms with Crippen LogP contribution < -0.4 is 15.5 Å². The Labute approximate surface area is 228 Å². The molecule has 0 spiro atoms. The van der Waals surface area contributed by atoms with Gasteiger partial charge in [-0.25, -0.2) is 0 Å². The van der Waals surface area contributed by atoms with E-state index in [0.29, 0.717) is 5.11 Å². The maximum atomic E-state index is 5.50. The van der Waals surface area contributed by atoms with Crippen molar-refractivity contribution in [3.63, 3.8) is 0 Å². The van der Waals surface area contributed by atoms with Crippen LogP contribution in [0.5, 0.6) is 5.75 Å². The Morgan fingerprint density at radius 2 is 1.33 bits per heavy atom. The van der Waals surface area contributed by atoms with Crippen molar-refractivity contribution in [3.8, 4) is 5.75 Å². The summed E-state index contributed by atoms with van der Waals surface area (Å²) in [5.74, 6) is 0.906. The molecule has 0 aliphatic heterocycles. The normalized spacial score (nSPS) is 11.7. The lowest BCUT2D eigenvalue weighted by Gasteiger charge is -2.22. The van der Waals surface area contributed by atoms with Crippen molar-refractivity contribution < 1.29 is 4.74 Å². The molecule has 36 heavy (non-hydrogen) atoms. The van der Waals surface area contributed by atoms with Gasteiger partial charge in [-0.2, -0.15) is 5.10 Å². The fraction of sp³-hybridized carbons (Fsp3) is 0.742. The molecule has 0 aromatic heterocycles. The van der Waals surface area contributed by atoms with Crippen molar-refractivity contribution in [2.45, 2.75) is 136 Å². The molecule has 0 radical (unpaired) electrons. The molecule has 5 heteroatoms. The molecule has 0 aliphatic rings. The van der Waals surface area contributed by atoms with Gasteiger partial charge in [0.1, 0.15) is 5.75 Å². The molecule has 0 atom stereocenters. The molecule has 0 saturated heterocycles. The van der Waals surface area contributed by atoms with E-state index in [0.717, 1.165) is 29.8 Å². The summed E-state index contributed by atoms with van der Waals surface area (Å²) in [7, 11) is 1.71. The Balaban J connectivity index is 1.99. The highest BCUT2D eigenvalue weighted by Gasteiger charge is 2.18. The van der Waals surface area contributed by atoms with Gasteiger partial charge in [-0.15, -0.1) is 0 Å². The Bertz CT molecular complexity index is 727.